The largest absolute Gasteiger partial charge is 0.478 e. The summed E-state index contributed by atoms with van der Waals surface area (Å²) in [6.45, 7) is 1.74. The average molecular weight is 282 g/mol. The van der Waals surface area contributed by atoms with E-state index in [1.165, 1.54) is 11.8 Å². The molecule has 0 saturated heterocycles. The van der Waals surface area contributed by atoms with E-state index in [0.717, 1.165) is 31.5 Å². The number of hydrogen-bond acceptors (Lipinski definition) is 3. The van der Waals surface area contributed by atoms with Gasteiger partial charge >= 0.3 is 5.97 Å². The van der Waals surface area contributed by atoms with Gasteiger partial charge in [0.25, 0.3) is 0 Å². The van der Waals surface area contributed by atoms with Gasteiger partial charge in [-0.3, -0.25) is 0 Å². The van der Waals surface area contributed by atoms with Gasteiger partial charge in [0.05, 0.1) is 16.7 Å². The minimum atomic E-state index is -0.973. The minimum absolute atomic E-state index is 0.164. The van der Waals surface area contributed by atoms with Crippen molar-refractivity contribution in [2.45, 2.75) is 38.0 Å². The van der Waals surface area contributed by atoms with Gasteiger partial charge in [-0.15, -0.1) is 0 Å². The Morgan fingerprint density at radius 3 is 2.43 bits per heavy atom. The fraction of sp³-hybridized carbons (Fsp3) is 0.353. The van der Waals surface area contributed by atoms with Gasteiger partial charge < -0.3 is 5.11 Å². The van der Waals surface area contributed by atoms with Gasteiger partial charge in [0.1, 0.15) is 5.82 Å². The van der Waals surface area contributed by atoms with E-state index < -0.39 is 5.97 Å². The van der Waals surface area contributed by atoms with E-state index in [-0.39, 0.29) is 11.0 Å². The molecule has 0 amide bonds. The second kappa shape index (κ2) is 5.28. The Labute approximate surface area is 123 Å². The lowest BCUT2D eigenvalue weighted by atomic mass is 9.78. The van der Waals surface area contributed by atoms with E-state index in [9.17, 15) is 4.79 Å². The molecule has 3 rings (SSSR count). The average Bonchev–Trinajstić information content (AvgIpc) is 2.98. The first-order valence-electron chi connectivity index (χ1n) is 7.26. The fourth-order valence-electron chi connectivity index (χ4n) is 3.28. The maximum Gasteiger partial charge on any atom is 0.339 e. The van der Waals surface area contributed by atoms with Crippen LogP contribution >= 0.6 is 0 Å². The molecule has 0 unspecified atom stereocenters. The highest BCUT2D eigenvalue weighted by Gasteiger charge is 2.40. The van der Waals surface area contributed by atoms with Crippen LogP contribution in [-0.2, 0) is 5.41 Å². The van der Waals surface area contributed by atoms with Crippen LogP contribution in [0.4, 0.5) is 0 Å². The predicted molar refractivity (Wildman–Crippen MR) is 79.4 cm³/mol. The number of carboxylic acid groups (broad SMARTS) is 1. The van der Waals surface area contributed by atoms with Crippen molar-refractivity contribution in [2.24, 2.45) is 0 Å². The molecule has 1 saturated carbocycles. The number of aryl methyl sites for hydroxylation is 1. The van der Waals surface area contributed by atoms with Gasteiger partial charge in [0, 0.05) is 6.20 Å². The van der Waals surface area contributed by atoms with Gasteiger partial charge in [-0.1, -0.05) is 43.2 Å². The Morgan fingerprint density at radius 1 is 1.19 bits per heavy atom. The van der Waals surface area contributed by atoms with Crippen LogP contribution < -0.4 is 0 Å². The molecule has 1 aliphatic rings. The van der Waals surface area contributed by atoms with Crippen molar-refractivity contribution in [3.8, 4) is 0 Å². The van der Waals surface area contributed by atoms with Crippen LogP contribution in [0.25, 0.3) is 0 Å². The Kier molecular flexibility index (Phi) is 3.45. The van der Waals surface area contributed by atoms with Gasteiger partial charge in [0.2, 0.25) is 0 Å². The smallest absolute Gasteiger partial charge is 0.339 e. The lowest BCUT2D eigenvalue weighted by molar-refractivity contribution is 0.0695. The van der Waals surface area contributed by atoms with E-state index in [0.29, 0.717) is 5.69 Å². The third-order valence-electron chi connectivity index (χ3n) is 4.42. The first kappa shape index (κ1) is 13.7. The first-order chi connectivity index (χ1) is 10.1. The number of nitrogens with zero attached hydrogens (tertiary/aromatic N) is 2. The third-order valence-corrected chi connectivity index (χ3v) is 4.42. The molecule has 2 aromatic rings. The van der Waals surface area contributed by atoms with Crippen LogP contribution in [0.1, 0.15) is 53.1 Å². The van der Waals surface area contributed by atoms with Crippen LogP contribution in [0.3, 0.4) is 0 Å². The van der Waals surface area contributed by atoms with E-state index in [2.05, 4.69) is 22.1 Å². The molecular formula is C17H18N2O2. The predicted octanol–water partition coefficient (Wildman–Crippen LogP) is 3.34. The van der Waals surface area contributed by atoms with Crippen LogP contribution in [0.5, 0.6) is 0 Å². The monoisotopic (exact) mass is 282 g/mol. The Hall–Kier alpha value is -2.23. The van der Waals surface area contributed by atoms with Crippen molar-refractivity contribution in [1.29, 1.82) is 0 Å². The number of carbonyl (C=O) groups is 1. The van der Waals surface area contributed by atoms with Gasteiger partial charge in [-0.25, -0.2) is 14.8 Å². The summed E-state index contributed by atoms with van der Waals surface area (Å²) >= 11 is 0. The third kappa shape index (κ3) is 2.31. The normalized spacial score (nSPS) is 16.8. The maximum absolute atomic E-state index is 11.1. The summed E-state index contributed by atoms with van der Waals surface area (Å²) in [5.74, 6) is -0.215. The molecule has 0 bridgehead atoms. The zero-order valence-electron chi connectivity index (χ0n) is 12.0. The molecule has 0 aliphatic heterocycles. The molecule has 1 aromatic carbocycles. The molecule has 1 heterocycles. The second-order valence-electron chi connectivity index (χ2n) is 5.65. The maximum atomic E-state index is 11.1. The second-order valence-corrected chi connectivity index (χ2v) is 5.65. The minimum Gasteiger partial charge on any atom is -0.478 e. The van der Waals surface area contributed by atoms with E-state index in [1.54, 1.807) is 6.92 Å². The van der Waals surface area contributed by atoms with Gasteiger partial charge in [-0.2, -0.15) is 0 Å². The molecule has 1 fully saturated rings. The Bertz CT molecular complexity index is 662. The van der Waals surface area contributed by atoms with E-state index in [1.807, 2.05) is 18.2 Å². The Morgan fingerprint density at radius 2 is 1.86 bits per heavy atom. The van der Waals surface area contributed by atoms with Crippen molar-refractivity contribution < 1.29 is 9.90 Å². The Balaban J connectivity index is 2.11. The van der Waals surface area contributed by atoms with Crippen LogP contribution in [-0.4, -0.2) is 21.0 Å². The lowest BCUT2D eigenvalue weighted by Gasteiger charge is -2.28. The topological polar surface area (TPSA) is 63.1 Å². The van der Waals surface area contributed by atoms with Gasteiger partial charge in [-0.05, 0) is 25.3 Å². The van der Waals surface area contributed by atoms with Crippen LogP contribution in [0.15, 0.2) is 36.5 Å². The number of carboxylic acids is 1. The molecule has 4 heteroatoms. The summed E-state index contributed by atoms with van der Waals surface area (Å²) in [5.41, 5.74) is 1.78. The highest BCUT2D eigenvalue weighted by Crippen LogP contribution is 2.44. The van der Waals surface area contributed by atoms with E-state index >= 15 is 0 Å². The molecule has 1 N–H and O–H groups in total. The lowest BCUT2D eigenvalue weighted by Crippen LogP contribution is -2.27. The molecule has 108 valence electrons. The number of hydrogen-bond donors (Lipinski definition) is 1. The van der Waals surface area contributed by atoms with Crippen molar-refractivity contribution in [3.05, 3.63) is 59.2 Å². The van der Waals surface area contributed by atoms with E-state index in [4.69, 9.17) is 5.11 Å². The molecule has 0 radical (unpaired) electrons. The molecule has 4 nitrogen and oxygen atoms in total. The molecular weight excluding hydrogens is 264 g/mol. The summed E-state index contributed by atoms with van der Waals surface area (Å²) in [7, 11) is 0. The zero-order chi connectivity index (χ0) is 14.9. The SMILES string of the molecule is Cc1nc(C2(c3ccccc3)CCCC2)ncc1C(=O)O. The highest BCUT2D eigenvalue weighted by atomic mass is 16.4. The number of aromatic nitrogens is 2. The van der Waals surface area contributed by atoms with Crippen molar-refractivity contribution in [1.82, 2.24) is 9.97 Å². The standard InChI is InChI=1S/C17H18N2O2/c1-12-14(15(20)21)11-18-16(19-12)17(9-5-6-10-17)13-7-3-2-4-8-13/h2-4,7-8,11H,5-6,9-10H2,1H3,(H,20,21). The molecule has 0 atom stereocenters. The highest BCUT2D eigenvalue weighted by molar-refractivity contribution is 5.88. The first-order valence-corrected chi connectivity index (χ1v) is 7.26. The molecule has 21 heavy (non-hydrogen) atoms. The quantitative estimate of drug-likeness (QED) is 0.937. The fourth-order valence-corrected chi connectivity index (χ4v) is 3.28. The molecule has 0 spiro atoms. The van der Waals surface area contributed by atoms with Crippen LogP contribution in [0.2, 0.25) is 0 Å². The summed E-state index contributed by atoms with van der Waals surface area (Å²) in [4.78, 5) is 20.1. The number of benzene rings is 1. The van der Waals surface area contributed by atoms with Crippen LogP contribution in [0, 0.1) is 6.92 Å². The summed E-state index contributed by atoms with van der Waals surface area (Å²) < 4.78 is 0. The molecule has 1 aromatic heterocycles. The number of aromatic carboxylic acids is 1. The van der Waals surface area contributed by atoms with Crippen molar-refractivity contribution in [3.63, 3.8) is 0 Å². The molecule has 1 aliphatic carbocycles. The summed E-state index contributed by atoms with van der Waals surface area (Å²) in [6, 6.07) is 10.3. The van der Waals surface area contributed by atoms with Gasteiger partial charge in [0.15, 0.2) is 0 Å². The van der Waals surface area contributed by atoms with Crippen molar-refractivity contribution >= 4 is 5.97 Å². The zero-order valence-corrected chi connectivity index (χ0v) is 12.0. The van der Waals surface area contributed by atoms with Crippen molar-refractivity contribution in [2.75, 3.05) is 0 Å². The number of rotatable bonds is 3. The summed E-state index contributed by atoms with van der Waals surface area (Å²) in [6.07, 6.45) is 5.78. The summed E-state index contributed by atoms with van der Waals surface area (Å²) in [5, 5.41) is 9.12.